The molecule has 96 valence electrons. The van der Waals surface area contributed by atoms with Gasteiger partial charge in [-0.15, -0.1) is 0 Å². The molecule has 0 heterocycles. The SMILES string of the molecule is [N-]=[N+]=NCC(O)C(O)c1cc(N)ccc1[N+](=O)[O-]. The second kappa shape index (κ2) is 5.82. The smallest absolute Gasteiger partial charge is 0.275 e. The Labute approximate surface area is 101 Å². The maximum atomic E-state index is 10.8. The van der Waals surface area contributed by atoms with Crippen molar-refractivity contribution in [2.75, 3.05) is 12.3 Å². The van der Waals surface area contributed by atoms with E-state index in [0.29, 0.717) is 0 Å². The fraction of sp³-hybridized carbons (Fsp3) is 0.333. The maximum absolute atomic E-state index is 10.8. The van der Waals surface area contributed by atoms with Gasteiger partial charge < -0.3 is 15.9 Å². The quantitative estimate of drug-likeness (QED) is 0.177. The number of nitro groups is 1. The van der Waals surface area contributed by atoms with Gasteiger partial charge >= 0.3 is 0 Å². The van der Waals surface area contributed by atoms with Crippen molar-refractivity contribution < 1.29 is 15.1 Å². The van der Waals surface area contributed by atoms with Crippen molar-refractivity contribution >= 4 is 11.4 Å². The number of aliphatic hydroxyl groups excluding tert-OH is 2. The number of azide groups is 1. The summed E-state index contributed by atoms with van der Waals surface area (Å²) in [7, 11) is 0. The Morgan fingerprint density at radius 3 is 2.78 bits per heavy atom. The summed E-state index contributed by atoms with van der Waals surface area (Å²) in [5.74, 6) is 0. The normalized spacial score (nSPS) is 13.4. The van der Waals surface area contributed by atoms with Gasteiger partial charge in [0.15, 0.2) is 0 Å². The zero-order chi connectivity index (χ0) is 13.7. The van der Waals surface area contributed by atoms with E-state index in [4.69, 9.17) is 11.3 Å². The van der Waals surface area contributed by atoms with Crippen LogP contribution in [0.4, 0.5) is 11.4 Å². The van der Waals surface area contributed by atoms with Crippen molar-refractivity contribution in [1.29, 1.82) is 0 Å². The van der Waals surface area contributed by atoms with E-state index in [9.17, 15) is 20.3 Å². The Bertz CT molecular complexity index is 500. The van der Waals surface area contributed by atoms with E-state index in [0.717, 1.165) is 6.07 Å². The zero-order valence-corrected chi connectivity index (χ0v) is 9.17. The van der Waals surface area contributed by atoms with Crippen LogP contribution in [0.3, 0.4) is 0 Å². The van der Waals surface area contributed by atoms with Gasteiger partial charge in [-0.1, -0.05) is 5.11 Å². The minimum absolute atomic E-state index is 0.124. The molecule has 2 unspecified atom stereocenters. The first-order chi connectivity index (χ1) is 8.47. The zero-order valence-electron chi connectivity index (χ0n) is 9.17. The summed E-state index contributed by atoms with van der Waals surface area (Å²) in [6.45, 7) is -0.399. The van der Waals surface area contributed by atoms with E-state index in [1.165, 1.54) is 12.1 Å². The third-order valence-electron chi connectivity index (χ3n) is 2.26. The number of hydrogen-bond donors (Lipinski definition) is 3. The summed E-state index contributed by atoms with van der Waals surface area (Å²) in [6.07, 6.45) is -3.00. The van der Waals surface area contributed by atoms with E-state index < -0.39 is 23.7 Å². The first-order valence-corrected chi connectivity index (χ1v) is 4.88. The Hall–Kier alpha value is -2.35. The first-order valence-electron chi connectivity index (χ1n) is 4.88. The van der Waals surface area contributed by atoms with Crippen molar-refractivity contribution in [3.05, 3.63) is 44.3 Å². The molecule has 1 aromatic rings. The molecular weight excluding hydrogens is 242 g/mol. The van der Waals surface area contributed by atoms with Gasteiger partial charge in [-0.05, 0) is 17.7 Å². The highest BCUT2D eigenvalue weighted by atomic mass is 16.6. The molecule has 0 fully saturated rings. The molecule has 2 atom stereocenters. The standard InChI is InChI=1S/C9H11N5O4/c10-5-1-2-7(14(17)18)6(3-5)9(16)8(15)4-12-13-11/h1-3,8-9,15-16H,4,10H2. The molecule has 0 bridgehead atoms. The van der Waals surface area contributed by atoms with E-state index in [-0.39, 0.29) is 16.9 Å². The number of nitrogen functional groups attached to an aromatic ring is 1. The predicted octanol–water partition coefficient (Wildman–Crippen LogP) is 0.882. The average molecular weight is 253 g/mol. The largest absolute Gasteiger partial charge is 0.399 e. The Kier molecular flexibility index (Phi) is 4.44. The number of hydrogen-bond acceptors (Lipinski definition) is 6. The van der Waals surface area contributed by atoms with E-state index in [1.54, 1.807) is 0 Å². The van der Waals surface area contributed by atoms with E-state index in [1.807, 2.05) is 0 Å². The summed E-state index contributed by atoms with van der Waals surface area (Å²) in [6, 6.07) is 3.64. The molecule has 0 saturated heterocycles. The van der Waals surface area contributed by atoms with Gasteiger partial charge in [0.25, 0.3) is 5.69 Å². The molecule has 0 spiro atoms. The molecule has 0 aliphatic rings. The minimum atomic E-state index is -1.56. The molecule has 1 rings (SSSR count). The lowest BCUT2D eigenvalue weighted by Crippen LogP contribution is -2.22. The second-order valence-corrected chi connectivity index (χ2v) is 3.50. The van der Waals surface area contributed by atoms with Crippen LogP contribution < -0.4 is 5.73 Å². The summed E-state index contributed by atoms with van der Waals surface area (Å²) in [5.41, 5.74) is 13.3. The third-order valence-corrected chi connectivity index (χ3v) is 2.26. The molecule has 1 aromatic carbocycles. The molecule has 0 saturated carbocycles. The summed E-state index contributed by atoms with van der Waals surface area (Å²) < 4.78 is 0. The number of rotatable bonds is 5. The predicted molar refractivity (Wildman–Crippen MR) is 62.5 cm³/mol. The third kappa shape index (κ3) is 3.08. The highest BCUT2D eigenvalue weighted by Crippen LogP contribution is 2.29. The molecule has 0 aliphatic heterocycles. The fourth-order valence-electron chi connectivity index (χ4n) is 1.40. The number of nitrogens with zero attached hydrogens (tertiary/aromatic N) is 4. The molecule has 9 nitrogen and oxygen atoms in total. The monoisotopic (exact) mass is 253 g/mol. The second-order valence-electron chi connectivity index (χ2n) is 3.50. The number of nitro benzene ring substituents is 1. The van der Waals surface area contributed by atoms with Crippen LogP contribution in [0.2, 0.25) is 0 Å². The number of benzene rings is 1. The Balaban J connectivity index is 3.10. The maximum Gasteiger partial charge on any atom is 0.275 e. The van der Waals surface area contributed by atoms with E-state index in [2.05, 4.69) is 10.0 Å². The molecule has 18 heavy (non-hydrogen) atoms. The molecule has 0 radical (unpaired) electrons. The van der Waals surface area contributed by atoms with Gasteiger partial charge in [-0.3, -0.25) is 10.1 Å². The lowest BCUT2D eigenvalue weighted by molar-refractivity contribution is -0.386. The van der Waals surface area contributed by atoms with E-state index >= 15 is 0 Å². The van der Waals surface area contributed by atoms with Crippen LogP contribution in [0.15, 0.2) is 23.3 Å². The van der Waals surface area contributed by atoms with Crippen LogP contribution in [-0.4, -0.2) is 27.8 Å². The van der Waals surface area contributed by atoms with Gasteiger partial charge in [0.1, 0.15) is 6.10 Å². The van der Waals surface area contributed by atoms with Crippen LogP contribution in [0, 0.1) is 10.1 Å². The van der Waals surface area contributed by atoms with Crippen molar-refractivity contribution in [2.24, 2.45) is 5.11 Å². The van der Waals surface area contributed by atoms with Gasteiger partial charge in [0.2, 0.25) is 0 Å². The van der Waals surface area contributed by atoms with Crippen LogP contribution in [0.1, 0.15) is 11.7 Å². The molecule has 0 amide bonds. The molecule has 0 aromatic heterocycles. The van der Waals surface area contributed by atoms with Crippen LogP contribution in [0.25, 0.3) is 10.4 Å². The van der Waals surface area contributed by atoms with Gasteiger partial charge in [0.05, 0.1) is 23.1 Å². The molecule has 0 aliphatic carbocycles. The number of anilines is 1. The lowest BCUT2D eigenvalue weighted by atomic mass is 10.0. The Morgan fingerprint density at radius 2 is 2.22 bits per heavy atom. The van der Waals surface area contributed by atoms with Crippen molar-refractivity contribution in [3.63, 3.8) is 0 Å². The topological polar surface area (TPSA) is 158 Å². The van der Waals surface area contributed by atoms with Crippen molar-refractivity contribution in [3.8, 4) is 0 Å². The highest BCUT2D eigenvalue weighted by molar-refractivity contribution is 5.52. The summed E-state index contributed by atoms with van der Waals surface area (Å²) in [4.78, 5) is 12.5. The highest BCUT2D eigenvalue weighted by Gasteiger charge is 2.26. The average Bonchev–Trinajstić information content (AvgIpc) is 2.34. The summed E-state index contributed by atoms with van der Waals surface area (Å²) in [5, 5.41) is 33.1. The summed E-state index contributed by atoms with van der Waals surface area (Å²) >= 11 is 0. The molecule has 9 heteroatoms. The van der Waals surface area contributed by atoms with Gasteiger partial charge in [-0.25, -0.2) is 0 Å². The van der Waals surface area contributed by atoms with Crippen LogP contribution in [-0.2, 0) is 0 Å². The minimum Gasteiger partial charge on any atom is -0.399 e. The fourth-order valence-corrected chi connectivity index (χ4v) is 1.40. The van der Waals surface area contributed by atoms with Gasteiger partial charge in [0, 0.05) is 16.7 Å². The van der Waals surface area contributed by atoms with Gasteiger partial charge in [-0.2, -0.15) is 0 Å². The first kappa shape index (κ1) is 13.7. The van der Waals surface area contributed by atoms with Crippen LogP contribution >= 0.6 is 0 Å². The van der Waals surface area contributed by atoms with Crippen LogP contribution in [0.5, 0.6) is 0 Å². The number of aliphatic hydroxyl groups is 2. The molecule has 4 N–H and O–H groups in total. The Morgan fingerprint density at radius 1 is 1.56 bits per heavy atom. The molecular formula is C9H11N5O4. The lowest BCUT2D eigenvalue weighted by Gasteiger charge is -2.16. The van der Waals surface area contributed by atoms with Crippen molar-refractivity contribution in [2.45, 2.75) is 12.2 Å². The van der Waals surface area contributed by atoms with Crippen molar-refractivity contribution in [1.82, 2.24) is 0 Å². The number of nitrogens with two attached hydrogens (primary N) is 1.